The molecule has 0 unspecified atom stereocenters. The summed E-state index contributed by atoms with van der Waals surface area (Å²) in [6.45, 7) is 4.22. The third-order valence-electron chi connectivity index (χ3n) is 4.74. The van der Waals surface area contributed by atoms with E-state index in [0.29, 0.717) is 25.9 Å². The Balaban J connectivity index is 1.85. The number of carbonyl (C=O) groups is 2. The van der Waals surface area contributed by atoms with Gasteiger partial charge in [-0.15, -0.1) is 0 Å². The average Bonchev–Trinajstić information content (AvgIpc) is 2.58. The van der Waals surface area contributed by atoms with Gasteiger partial charge in [-0.2, -0.15) is 0 Å². The van der Waals surface area contributed by atoms with Crippen molar-refractivity contribution in [1.29, 1.82) is 0 Å². The molecule has 4 heteroatoms. The third kappa shape index (κ3) is 5.08. The van der Waals surface area contributed by atoms with E-state index in [1.54, 1.807) is 6.92 Å². The Bertz CT molecular complexity index is 545. The van der Waals surface area contributed by atoms with Crippen molar-refractivity contribution in [3.05, 3.63) is 35.4 Å². The Morgan fingerprint density at radius 1 is 1.12 bits per heavy atom. The molecule has 0 aromatic heterocycles. The van der Waals surface area contributed by atoms with Gasteiger partial charge in [0, 0.05) is 6.42 Å². The van der Waals surface area contributed by atoms with Gasteiger partial charge in [0.25, 0.3) is 0 Å². The smallest absolute Gasteiger partial charge is 0.331 e. The maximum Gasteiger partial charge on any atom is 0.331 e. The van der Waals surface area contributed by atoms with Crippen LogP contribution in [-0.2, 0) is 20.7 Å². The minimum Gasteiger partial charge on any atom is -0.464 e. The van der Waals surface area contributed by atoms with Crippen LogP contribution in [0.4, 0.5) is 0 Å². The number of benzene rings is 1. The number of ether oxygens (including phenoxy) is 1. The van der Waals surface area contributed by atoms with Gasteiger partial charge >= 0.3 is 5.97 Å². The molecule has 1 N–H and O–H groups in total. The minimum absolute atomic E-state index is 0.0444. The molecule has 1 amide bonds. The molecule has 1 fully saturated rings. The van der Waals surface area contributed by atoms with E-state index in [1.165, 1.54) is 11.1 Å². The summed E-state index contributed by atoms with van der Waals surface area (Å²) in [7, 11) is 0. The largest absolute Gasteiger partial charge is 0.464 e. The zero-order valence-electron chi connectivity index (χ0n) is 14.9. The molecule has 1 aromatic rings. The highest BCUT2D eigenvalue weighted by Gasteiger charge is 2.41. The lowest BCUT2D eigenvalue weighted by Crippen LogP contribution is -2.56. The number of amides is 1. The molecule has 1 aliphatic carbocycles. The van der Waals surface area contributed by atoms with Crippen molar-refractivity contribution in [1.82, 2.24) is 5.32 Å². The van der Waals surface area contributed by atoms with Crippen molar-refractivity contribution in [2.75, 3.05) is 6.61 Å². The third-order valence-corrected chi connectivity index (χ3v) is 4.74. The molecule has 0 atom stereocenters. The van der Waals surface area contributed by atoms with Crippen molar-refractivity contribution >= 4 is 11.9 Å². The molecule has 4 nitrogen and oxygen atoms in total. The first-order valence-corrected chi connectivity index (χ1v) is 9.09. The fourth-order valence-electron chi connectivity index (χ4n) is 3.34. The summed E-state index contributed by atoms with van der Waals surface area (Å²) in [5.41, 5.74) is 1.69. The normalized spacial score (nSPS) is 16.4. The molecule has 1 aromatic carbocycles. The molecule has 0 heterocycles. The van der Waals surface area contributed by atoms with E-state index in [9.17, 15) is 9.59 Å². The van der Waals surface area contributed by atoms with Gasteiger partial charge in [0.1, 0.15) is 5.54 Å². The quantitative estimate of drug-likeness (QED) is 0.775. The van der Waals surface area contributed by atoms with Crippen molar-refractivity contribution in [2.24, 2.45) is 0 Å². The minimum atomic E-state index is -0.796. The number of aryl methyl sites for hydroxylation is 2. The standard InChI is InChI=1S/C20H29NO3/c1-3-24-19(23)20(14-5-4-6-15-20)21-18(22)9-7-8-17-12-10-16(2)11-13-17/h10-13H,3-9,14-15H2,1-2H3,(H,21,22). The first-order valence-electron chi connectivity index (χ1n) is 9.09. The number of carbonyl (C=O) groups excluding carboxylic acids is 2. The van der Waals surface area contributed by atoms with Crippen LogP contribution in [0.15, 0.2) is 24.3 Å². The molecule has 2 rings (SSSR count). The SMILES string of the molecule is CCOC(=O)C1(NC(=O)CCCc2ccc(C)cc2)CCCCC1. The lowest BCUT2D eigenvalue weighted by molar-refractivity contribution is -0.155. The Morgan fingerprint density at radius 3 is 2.42 bits per heavy atom. The van der Waals surface area contributed by atoms with Crippen LogP contribution >= 0.6 is 0 Å². The van der Waals surface area contributed by atoms with Crippen LogP contribution in [0.5, 0.6) is 0 Å². The fraction of sp³-hybridized carbons (Fsp3) is 0.600. The molecule has 1 saturated carbocycles. The molecule has 132 valence electrons. The van der Waals surface area contributed by atoms with Crippen LogP contribution in [0.2, 0.25) is 0 Å². The van der Waals surface area contributed by atoms with E-state index >= 15 is 0 Å². The molecule has 24 heavy (non-hydrogen) atoms. The number of hydrogen-bond acceptors (Lipinski definition) is 3. The van der Waals surface area contributed by atoms with Gasteiger partial charge in [-0.05, 0) is 45.1 Å². The van der Waals surface area contributed by atoms with E-state index in [-0.39, 0.29) is 11.9 Å². The van der Waals surface area contributed by atoms with Gasteiger partial charge in [0.2, 0.25) is 5.91 Å². The zero-order chi connectivity index (χ0) is 17.4. The predicted molar refractivity (Wildman–Crippen MR) is 94.7 cm³/mol. The Labute approximate surface area is 145 Å². The summed E-state index contributed by atoms with van der Waals surface area (Å²) in [6, 6.07) is 8.39. The monoisotopic (exact) mass is 331 g/mol. The number of nitrogens with one attached hydrogen (secondary N) is 1. The second-order valence-electron chi connectivity index (χ2n) is 6.75. The van der Waals surface area contributed by atoms with Crippen molar-refractivity contribution < 1.29 is 14.3 Å². The van der Waals surface area contributed by atoms with Crippen LogP contribution in [0.1, 0.15) is 63.0 Å². The molecule has 0 spiro atoms. The van der Waals surface area contributed by atoms with E-state index < -0.39 is 5.54 Å². The maximum atomic E-state index is 12.4. The summed E-state index contributed by atoms with van der Waals surface area (Å²) in [5, 5.41) is 3.00. The van der Waals surface area contributed by atoms with Gasteiger partial charge in [0.05, 0.1) is 6.61 Å². The Hall–Kier alpha value is -1.84. The average molecular weight is 331 g/mol. The first kappa shape index (κ1) is 18.5. The Morgan fingerprint density at radius 2 is 1.79 bits per heavy atom. The lowest BCUT2D eigenvalue weighted by Gasteiger charge is -2.35. The van der Waals surface area contributed by atoms with E-state index in [1.807, 2.05) is 0 Å². The molecule has 1 aliphatic rings. The predicted octanol–water partition coefficient (Wildman–Crippen LogP) is 3.70. The van der Waals surface area contributed by atoms with Crippen molar-refractivity contribution in [2.45, 2.75) is 70.8 Å². The van der Waals surface area contributed by atoms with Gasteiger partial charge in [0.15, 0.2) is 0 Å². The molecular weight excluding hydrogens is 302 g/mol. The van der Waals surface area contributed by atoms with Crippen molar-refractivity contribution in [3.8, 4) is 0 Å². The molecule has 0 bridgehead atoms. The van der Waals surface area contributed by atoms with E-state index in [4.69, 9.17) is 4.74 Å². The highest BCUT2D eigenvalue weighted by molar-refractivity contribution is 5.88. The summed E-state index contributed by atoms with van der Waals surface area (Å²) >= 11 is 0. The van der Waals surface area contributed by atoms with Crippen LogP contribution in [0.25, 0.3) is 0 Å². The van der Waals surface area contributed by atoms with Crippen LogP contribution in [0, 0.1) is 6.92 Å². The first-order chi connectivity index (χ1) is 11.6. The van der Waals surface area contributed by atoms with Gasteiger partial charge in [-0.25, -0.2) is 4.79 Å². The summed E-state index contributed by atoms with van der Waals surface area (Å²) in [6.07, 6.45) is 6.52. The molecule has 0 saturated heterocycles. The van der Waals surface area contributed by atoms with Gasteiger partial charge < -0.3 is 10.1 Å². The van der Waals surface area contributed by atoms with Gasteiger partial charge in [-0.1, -0.05) is 49.1 Å². The van der Waals surface area contributed by atoms with E-state index in [0.717, 1.165) is 32.1 Å². The van der Waals surface area contributed by atoms with Crippen LogP contribution in [-0.4, -0.2) is 24.0 Å². The van der Waals surface area contributed by atoms with Gasteiger partial charge in [-0.3, -0.25) is 4.79 Å². The Kier molecular flexibility index (Phi) is 6.83. The molecular formula is C20H29NO3. The summed E-state index contributed by atoms with van der Waals surface area (Å²) in [4.78, 5) is 24.7. The molecule has 0 aliphatic heterocycles. The maximum absolute atomic E-state index is 12.4. The topological polar surface area (TPSA) is 55.4 Å². The van der Waals surface area contributed by atoms with Crippen LogP contribution in [0.3, 0.4) is 0 Å². The number of hydrogen-bond donors (Lipinski definition) is 1. The lowest BCUT2D eigenvalue weighted by atomic mass is 9.81. The summed E-state index contributed by atoms with van der Waals surface area (Å²) in [5.74, 6) is -0.311. The summed E-state index contributed by atoms with van der Waals surface area (Å²) < 4.78 is 5.22. The van der Waals surface area contributed by atoms with E-state index in [2.05, 4.69) is 36.5 Å². The molecule has 0 radical (unpaired) electrons. The number of rotatable bonds is 7. The highest BCUT2D eigenvalue weighted by atomic mass is 16.5. The van der Waals surface area contributed by atoms with Crippen molar-refractivity contribution in [3.63, 3.8) is 0 Å². The second-order valence-corrected chi connectivity index (χ2v) is 6.75. The van der Waals surface area contributed by atoms with Crippen LogP contribution < -0.4 is 5.32 Å². The number of esters is 1. The second kappa shape index (κ2) is 8.86. The fourth-order valence-corrected chi connectivity index (χ4v) is 3.34. The highest BCUT2D eigenvalue weighted by Crippen LogP contribution is 2.29. The zero-order valence-corrected chi connectivity index (χ0v) is 14.9.